The van der Waals surface area contributed by atoms with Gasteiger partial charge in [0.1, 0.15) is 11.3 Å². The number of nitrogens with zero attached hydrogens (tertiary/aromatic N) is 1. The zero-order valence-corrected chi connectivity index (χ0v) is 15.3. The average molecular weight is 351 g/mol. The first-order valence-corrected chi connectivity index (χ1v) is 9.72. The van der Waals surface area contributed by atoms with E-state index in [2.05, 4.69) is 23.5 Å². The fourth-order valence-corrected chi connectivity index (χ4v) is 4.91. The first-order chi connectivity index (χ1) is 10.9. The van der Waals surface area contributed by atoms with Crippen molar-refractivity contribution in [3.63, 3.8) is 0 Å². The van der Waals surface area contributed by atoms with E-state index in [1.807, 2.05) is 49.5 Å². The lowest BCUT2D eigenvalue weighted by Gasteiger charge is -2.27. The van der Waals surface area contributed by atoms with Crippen LogP contribution in [0.5, 0.6) is 5.75 Å². The van der Waals surface area contributed by atoms with Gasteiger partial charge in [0.15, 0.2) is 6.61 Å². The zero-order valence-electron chi connectivity index (χ0n) is 13.7. The van der Waals surface area contributed by atoms with Gasteiger partial charge in [0, 0.05) is 11.5 Å². The fourth-order valence-electron chi connectivity index (χ4n) is 2.05. The van der Waals surface area contributed by atoms with Crippen molar-refractivity contribution in [1.82, 2.24) is 5.32 Å². The minimum Gasteiger partial charge on any atom is -0.484 e. The van der Waals surface area contributed by atoms with Crippen LogP contribution in [0, 0.1) is 17.2 Å². The molecule has 1 atom stereocenters. The summed E-state index contributed by atoms with van der Waals surface area (Å²) in [6.07, 6.45) is 0. The predicted molar refractivity (Wildman–Crippen MR) is 96.6 cm³/mol. The van der Waals surface area contributed by atoms with Gasteiger partial charge in [-0.2, -0.15) is 5.26 Å². The van der Waals surface area contributed by atoms with Crippen LogP contribution in [0.2, 0.25) is 0 Å². The SMILES string of the molecule is CC(C)[C@@](C)(C#N)NC(=O)COc1ccc(C2SCCS2)cc1. The monoisotopic (exact) mass is 350 g/mol. The molecule has 1 amide bonds. The van der Waals surface area contributed by atoms with E-state index in [4.69, 9.17) is 4.74 Å². The first-order valence-electron chi connectivity index (χ1n) is 7.63. The summed E-state index contributed by atoms with van der Waals surface area (Å²) in [5.41, 5.74) is 0.410. The summed E-state index contributed by atoms with van der Waals surface area (Å²) >= 11 is 3.92. The number of hydrogen-bond donors (Lipinski definition) is 1. The Morgan fingerprint density at radius 1 is 1.39 bits per heavy atom. The Morgan fingerprint density at radius 2 is 2.00 bits per heavy atom. The molecule has 1 aromatic carbocycles. The Hall–Kier alpha value is -1.32. The highest BCUT2D eigenvalue weighted by atomic mass is 32.2. The fraction of sp³-hybridized carbons (Fsp3) is 0.529. The molecular weight excluding hydrogens is 328 g/mol. The molecule has 0 bridgehead atoms. The highest BCUT2D eigenvalue weighted by Crippen LogP contribution is 2.45. The largest absolute Gasteiger partial charge is 0.484 e. The molecule has 0 aromatic heterocycles. The second kappa shape index (κ2) is 7.98. The molecule has 1 aliphatic heterocycles. The lowest BCUT2D eigenvalue weighted by molar-refractivity contribution is -0.124. The molecule has 1 aliphatic rings. The Labute approximate surface area is 146 Å². The van der Waals surface area contributed by atoms with Crippen molar-refractivity contribution in [2.45, 2.75) is 30.9 Å². The normalized spacial score (nSPS) is 17.5. The van der Waals surface area contributed by atoms with Gasteiger partial charge in [0.05, 0.1) is 10.7 Å². The van der Waals surface area contributed by atoms with E-state index in [1.165, 1.54) is 17.1 Å². The lowest BCUT2D eigenvalue weighted by atomic mass is 9.90. The van der Waals surface area contributed by atoms with Gasteiger partial charge in [-0.3, -0.25) is 4.79 Å². The van der Waals surface area contributed by atoms with Crippen LogP contribution in [0.15, 0.2) is 24.3 Å². The Kier molecular flexibility index (Phi) is 6.25. The molecule has 2 rings (SSSR count). The molecule has 1 saturated heterocycles. The summed E-state index contributed by atoms with van der Waals surface area (Å²) in [6.45, 7) is 5.45. The van der Waals surface area contributed by atoms with Crippen molar-refractivity contribution in [1.29, 1.82) is 5.26 Å². The third kappa shape index (κ3) is 4.82. The molecule has 1 aromatic rings. The van der Waals surface area contributed by atoms with Gasteiger partial charge < -0.3 is 10.1 Å². The van der Waals surface area contributed by atoms with Crippen molar-refractivity contribution in [2.75, 3.05) is 18.1 Å². The highest BCUT2D eigenvalue weighted by molar-refractivity contribution is 8.19. The third-order valence-electron chi connectivity index (χ3n) is 3.93. The summed E-state index contributed by atoms with van der Waals surface area (Å²) in [7, 11) is 0. The van der Waals surface area contributed by atoms with Crippen molar-refractivity contribution in [3.8, 4) is 11.8 Å². The third-order valence-corrected chi connectivity index (χ3v) is 7.03. The minimum absolute atomic E-state index is 0.0251. The van der Waals surface area contributed by atoms with Crippen LogP contribution in [0.4, 0.5) is 0 Å². The van der Waals surface area contributed by atoms with E-state index in [0.717, 1.165) is 0 Å². The van der Waals surface area contributed by atoms with E-state index < -0.39 is 5.54 Å². The van der Waals surface area contributed by atoms with Crippen LogP contribution in [-0.2, 0) is 4.79 Å². The highest BCUT2D eigenvalue weighted by Gasteiger charge is 2.30. The van der Waals surface area contributed by atoms with Crippen molar-refractivity contribution < 1.29 is 9.53 Å². The summed E-state index contributed by atoms with van der Waals surface area (Å²) in [4.78, 5) is 12.0. The van der Waals surface area contributed by atoms with Crippen LogP contribution < -0.4 is 10.1 Å². The predicted octanol–water partition coefficient (Wildman–Crippen LogP) is 3.60. The van der Waals surface area contributed by atoms with E-state index in [-0.39, 0.29) is 18.4 Å². The summed E-state index contributed by atoms with van der Waals surface area (Å²) in [5.74, 6) is 2.80. The Balaban J connectivity index is 1.86. The zero-order chi connectivity index (χ0) is 16.9. The van der Waals surface area contributed by atoms with Crippen molar-refractivity contribution >= 4 is 29.4 Å². The van der Waals surface area contributed by atoms with Gasteiger partial charge in [-0.1, -0.05) is 26.0 Å². The topological polar surface area (TPSA) is 62.1 Å². The molecule has 0 spiro atoms. The van der Waals surface area contributed by atoms with Gasteiger partial charge >= 0.3 is 0 Å². The number of hydrogen-bond acceptors (Lipinski definition) is 5. The molecule has 0 saturated carbocycles. The molecule has 23 heavy (non-hydrogen) atoms. The molecular formula is C17H22N2O2S2. The van der Waals surface area contributed by atoms with E-state index >= 15 is 0 Å². The first kappa shape index (κ1) is 18.0. The number of ether oxygens (including phenoxy) is 1. The number of nitriles is 1. The van der Waals surface area contributed by atoms with E-state index in [0.29, 0.717) is 10.3 Å². The quantitative estimate of drug-likeness (QED) is 0.849. The van der Waals surface area contributed by atoms with Gasteiger partial charge in [-0.15, -0.1) is 23.5 Å². The number of thioether (sulfide) groups is 2. The molecule has 0 unspecified atom stereocenters. The smallest absolute Gasteiger partial charge is 0.259 e. The number of rotatable bonds is 6. The number of carbonyl (C=O) groups is 1. The van der Waals surface area contributed by atoms with Crippen molar-refractivity contribution in [2.24, 2.45) is 5.92 Å². The van der Waals surface area contributed by atoms with Crippen molar-refractivity contribution in [3.05, 3.63) is 29.8 Å². The number of nitrogens with one attached hydrogen (secondary N) is 1. The van der Waals surface area contributed by atoms with Crippen LogP contribution in [0.1, 0.15) is 30.9 Å². The maximum atomic E-state index is 12.0. The van der Waals surface area contributed by atoms with Gasteiger partial charge in [-0.25, -0.2) is 0 Å². The maximum absolute atomic E-state index is 12.0. The van der Waals surface area contributed by atoms with Crippen LogP contribution in [0.3, 0.4) is 0 Å². The second-order valence-electron chi connectivity index (χ2n) is 5.95. The maximum Gasteiger partial charge on any atom is 0.259 e. The van der Waals surface area contributed by atoms with Crippen LogP contribution in [0.25, 0.3) is 0 Å². The molecule has 1 heterocycles. The lowest BCUT2D eigenvalue weighted by Crippen LogP contribution is -2.50. The Bertz CT molecular complexity index is 577. The van der Waals surface area contributed by atoms with Gasteiger partial charge in [0.2, 0.25) is 0 Å². The summed E-state index contributed by atoms with van der Waals surface area (Å²) in [5, 5.41) is 12.0. The summed E-state index contributed by atoms with van der Waals surface area (Å²) in [6, 6.07) is 10.1. The van der Waals surface area contributed by atoms with E-state index in [1.54, 1.807) is 6.92 Å². The van der Waals surface area contributed by atoms with Gasteiger partial charge in [-0.05, 0) is 30.5 Å². The standard InChI is InChI=1S/C17H22N2O2S2/c1-12(2)17(3,11-18)19-15(20)10-21-14-6-4-13(5-7-14)16-22-8-9-23-16/h4-7,12,16H,8-10H2,1-3H3,(H,19,20)/t17-/m1/s1. The molecule has 1 fully saturated rings. The number of carbonyl (C=O) groups excluding carboxylic acids is 1. The molecule has 0 aliphatic carbocycles. The average Bonchev–Trinajstić information content (AvgIpc) is 3.07. The molecule has 124 valence electrons. The number of benzene rings is 1. The minimum atomic E-state index is -0.874. The Morgan fingerprint density at radius 3 is 2.52 bits per heavy atom. The number of amides is 1. The van der Waals surface area contributed by atoms with Crippen LogP contribution in [-0.4, -0.2) is 29.6 Å². The molecule has 1 N–H and O–H groups in total. The van der Waals surface area contributed by atoms with Gasteiger partial charge in [0.25, 0.3) is 5.91 Å². The second-order valence-corrected chi connectivity index (χ2v) is 8.67. The molecule has 6 heteroatoms. The van der Waals surface area contributed by atoms with E-state index in [9.17, 15) is 10.1 Å². The molecule has 0 radical (unpaired) electrons. The van der Waals surface area contributed by atoms with Crippen LogP contribution >= 0.6 is 23.5 Å². The summed E-state index contributed by atoms with van der Waals surface area (Å²) < 4.78 is 6.03. The molecule has 4 nitrogen and oxygen atoms in total.